The van der Waals surface area contributed by atoms with Gasteiger partial charge in [0.15, 0.2) is 11.9 Å². The zero-order chi connectivity index (χ0) is 21.2. The van der Waals surface area contributed by atoms with Gasteiger partial charge in [0.2, 0.25) is 5.76 Å². The fourth-order valence-corrected chi connectivity index (χ4v) is 3.55. The van der Waals surface area contributed by atoms with Crippen molar-refractivity contribution >= 4 is 5.97 Å². The molecule has 0 aromatic heterocycles. The van der Waals surface area contributed by atoms with Crippen LogP contribution in [0.4, 0.5) is 0 Å². The van der Waals surface area contributed by atoms with E-state index in [0.29, 0.717) is 6.42 Å². The van der Waals surface area contributed by atoms with E-state index in [2.05, 4.69) is 25.7 Å². The van der Waals surface area contributed by atoms with Gasteiger partial charge >= 0.3 is 5.97 Å². The number of carbonyl (C=O) groups excluding carboxylic acids is 1. The Balaban J connectivity index is 1.94. The van der Waals surface area contributed by atoms with Crippen LogP contribution >= 0.6 is 0 Å². The Morgan fingerprint density at radius 1 is 0.931 bits per heavy atom. The second-order valence-electron chi connectivity index (χ2n) is 7.93. The van der Waals surface area contributed by atoms with Gasteiger partial charge in [-0.2, -0.15) is 0 Å². The number of rotatable bonds is 19. The van der Waals surface area contributed by atoms with Crippen molar-refractivity contribution in [3.05, 3.63) is 36.3 Å². The monoisotopic (exact) mass is 406 g/mol. The highest BCUT2D eigenvalue weighted by Gasteiger charge is 2.35. The van der Waals surface area contributed by atoms with Gasteiger partial charge in [0.05, 0.1) is 0 Å². The summed E-state index contributed by atoms with van der Waals surface area (Å²) in [7, 11) is 0. The number of aliphatic hydroxyl groups is 1. The Hall–Kier alpha value is -1.71. The van der Waals surface area contributed by atoms with Crippen molar-refractivity contribution in [3.8, 4) is 0 Å². The van der Waals surface area contributed by atoms with Crippen LogP contribution in [0.1, 0.15) is 103 Å². The Labute approximate surface area is 178 Å². The molecule has 166 valence electrons. The van der Waals surface area contributed by atoms with E-state index < -0.39 is 12.1 Å². The third-order valence-electron chi connectivity index (χ3n) is 5.30. The normalized spacial score (nSPS) is 16.6. The zero-order valence-electron chi connectivity index (χ0n) is 18.5. The number of ether oxygens (including phenoxy) is 2. The van der Waals surface area contributed by atoms with E-state index in [1.54, 1.807) is 0 Å². The van der Waals surface area contributed by atoms with Crippen molar-refractivity contribution in [2.45, 2.75) is 109 Å². The summed E-state index contributed by atoms with van der Waals surface area (Å²) in [5, 5.41) is 10.0. The molecule has 0 saturated carbocycles. The number of unbranched alkanes of at least 4 members (excludes halogenated alkanes) is 12. The minimum Gasteiger partial charge on any atom is -0.505 e. The van der Waals surface area contributed by atoms with Crippen molar-refractivity contribution in [1.82, 2.24) is 0 Å². The summed E-state index contributed by atoms with van der Waals surface area (Å²) in [6, 6.07) is 0. The van der Waals surface area contributed by atoms with Crippen molar-refractivity contribution < 1.29 is 19.4 Å². The average Bonchev–Trinajstić information content (AvgIpc) is 2.99. The SMILES string of the molecule is C=CCOC1=C(O)[C@@H](CCC=CCCCCCCCCCCCCCC)OC1=O. The number of aliphatic hydroxyl groups excluding tert-OH is 1. The van der Waals surface area contributed by atoms with E-state index in [4.69, 9.17) is 9.47 Å². The number of hydrogen-bond acceptors (Lipinski definition) is 4. The molecule has 1 heterocycles. The summed E-state index contributed by atoms with van der Waals surface area (Å²) < 4.78 is 10.3. The van der Waals surface area contributed by atoms with E-state index in [-0.39, 0.29) is 18.1 Å². The fraction of sp³-hybridized carbons (Fsp3) is 0.720. The molecule has 1 rings (SSSR count). The zero-order valence-corrected chi connectivity index (χ0v) is 18.5. The molecular weight excluding hydrogens is 364 g/mol. The standard InChI is InChI=1S/C25H42O4/c1-3-5-6-7-8-9-10-11-12-13-14-15-16-17-18-19-20-22-23(26)24(25(27)29-22)28-21-4-2/h4,17-18,22,26H,2-3,5-16,19-21H2,1H3/t22-/m1/s1. The molecule has 0 unspecified atom stereocenters. The molecule has 1 N–H and O–H groups in total. The smallest absolute Gasteiger partial charge is 0.378 e. The Morgan fingerprint density at radius 2 is 1.48 bits per heavy atom. The molecule has 0 saturated heterocycles. The van der Waals surface area contributed by atoms with Crippen LogP contribution in [0.2, 0.25) is 0 Å². The number of esters is 1. The van der Waals surface area contributed by atoms with Gasteiger partial charge in [-0.25, -0.2) is 4.79 Å². The predicted octanol–water partition coefficient (Wildman–Crippen LogP) is 7.31. The topological polar surface area (TPSA) is 55.8 Å². The first-order chi connectivity index (χ1) is 14.2. The summed E-state index contributed by atoms with van der Waals surface area (Å²) in [6.07, 6.45) is 24.1. The second kappa shape index (κ2) is 17.2. The van der Waals surface area contributed by atoms with E-state index in [1.807, 2.05) is 0 Å². The van der Waals surface area contributed by atoms with Crippen molar-refractivity contribution in [3.63, 3.8) is 0 Å². The first-order valence-electron chi connectivity index (χ1n) is 11.7. The van der Waals surface area contributed by atoms with E-state index in [9.17, 15) is 9.90 Å². The molecule has 0 aromatic carbocycles. The highest BCUT2D eigenvalue weighted by molar-refractivity contribution is 5.89. The summed E-state index contributed by atoms with van der Waals surface area (Å²) >= 11 is 0. The van der Waals surface area contributed by atoms with Gasteiger partial charge in [-0.15, -0.1) is 0 Å². The molecule has 4 heteroatoms. The van der Waals surface area contributed by atoms with E-state index >= 15 is 0 Å². The first kappa shape index (κ1) is 25.3. The molecule has 1 atom stereocenters. The quantitative estimate of drug-likeness (QED) is 0.139. The summed E-state index contributed by atoms with van der Waals surface area (Å²) in [6.45, 7) is 5.97. The minimum atomic E-state index is -0.588. The highest BCUT2D eigenvalue weighted by atomic mass is 16.6. The van der Waals surface area contributed by atoms with Gasteiger partial charge in [-0.3, -0.25) is 0 Å². The molecule has 0 aliphatic carbocycles. The molecule has 0 amide bonds. The molecule has 29 heavy (non-hydrogen) atoms. The van der Waals surface area contributed by atoms with Gasteiger partial charge in [-0.1, -0.05) is 102 Å². The molecule has 0 bridgehead atoms. The highest BCUT2D eigenvalue weighted by Crippen LogP contribution is 2.25. The third kappa shape index (κ3) is 11.8. The molecule has 1 aliphatic heterocycles. The number of carbonyl (C=O) groups is 1. The van der Waals surface area contributed by atoms with E-state index in [0.717, 1.165) is 12.8 Å². The van der Waals surface area contributed by atoms with Crippen molar-refractivity contribution in [2.75, 3.05) is 6.61 Å². The van der Waals surface area contributed by atoms with Crippen LogP contribution in [-0.2, 0) is 14.3 Å². The average molecular weight is 407 g/mol. The second-order valence-corrected chi connectivity index (χ2v) is 7.93. The summed E-state index contributed by atoms with van der Waals surface area (Å²) in [4.78, 5) is 11.7. The van der Waals surface area contributed by atoms with Crippen LogP contribution in [0.15, 0.2) is 36.3 Å². The van der Waals surface area contributed by atoms with Crippen molar-refractivity contribution in [1.29, 1.82) is 0 Å². The summed E-state index contributed by atoms with van der Waals surface area (Å²) in [5.41, 5.74) is 0. The Bertz CT molecular complexity index is 507. The fourth-order valence-electron chi connectivity index (χ4n) is 3.55. The molecule has 1 aliphatic rings. The lowest BCUT2D eigenvalue weighted by Gasteiger charge is -2.07. The largest absolute Gasteiger partial charge is 0.505 e. The third-order valence-corrected chi connectivity index (χ3v) is 5.30. The molecule has 0 radical (unpaired) electrons. The van der Waals surface area contributed by atoms with Crippen LogP contribution in [0.3, 0.4) is 0 Å². The summed E-state index contributed by atoms with van der Waals surface area (Å²) in [5.74, 6) is -0.753. The molecular formula is C25H42O4. The molecule has 0 spiro atoms. The maximum Gasteiger partial charge on any atom is 0.378 e. The Morgan fingerprint density at radius 3 is 2.07 bits per heavy atom. The van der Waals surface area contributed by atoms with Crippen LogP contribution in [0.5, 0.6) is 0 Å². The first-order valence-corrected chi connectivity index (χ1v) is 11.7. The minimum absolute atomic E-state index is 0.0737. The molecule has 0 aromatic rings. The lowest BCUT2D eigenvalue weighted by atomic mass is 10.0. The number of hydrogen-bond donors (Lipinski definition) is 1. The number of allylic oxidation sites excluding steroid dienone is 2. The van der Waals surface area contributed by atoms with Crippen LogP contribution in [-0.4, -0.2) is 23.8 Å². The molecule has 0 fully saturated rings. The number of cyclic esters (lactones) is 1. The Kier molecular flexibility index (Phi) is 15.0. The van der Waals surface area contributed by atoms with Gasteiger partial charge in [0.1, 0.15) is 6.61 Å². The van der Waals surface area contributed by atoms with Gasteiger partial charge in [0.25, 0.3) is 0 Å². The van der Waals surface area contributed by atoms with Crippen LogP contribution in [0.25, 0.3) is 0 Å². The van der Waals surface area contributed by atoms with E-state index in [1.165, 1.54) is 83.1 Å². The maximum atomic E-state index is 11.7. The van der Waals surface area contributed by atoms with Gasteiger partial charge in [0, 0.05) is 0 Å². The van der Waals surface area contributed by atoms with Gasteiger partial charge in [-0.05, 0) is 25.7 Å². The van der Waals surface area contributed by atoms with Crippen LogP contribution in [0, 0.1) is 0 Å². The van der Waals surface area contributed by atoms with Gasteiger partial charge < -0.3 is 14.6 Å². The van der Waals surface area contributed by atoms with Crippen molar-refractivity contribution in [2.24, 2.45) is 0 Å². The molecule has 4 nitrogen and oxygen atoms in total. The maximum absolute atomic E-state index is 11.7. The predicted molar refractivity (Wildman–Crippen MR) is 120 cm³/mol. The lowest BCUT2D eigenvalue weighted by Crippen LogP contribution is -2.10. The van der Waals surface area contributed by atoms with Crippen LogP contribution < -0.4 is 0 Å². The lowest BCUT2D eigenvalue weighted by molar-refractivity contribution is -0.143.